The lowest BCUT2D eigenvalue weighted by Gasteiger charge is -2.32. The zero-order valence-corrected chi connectivity index (χ0v) is 19.2. The summed E-state index contributed by atoms with van der Waals surface area (Å²) in [4.78, 5) is 28.1. The highest BCUT2D eigenvalue weighted by molar-refractivity contribution is 6.09. The predicted molar refractivity (Wildman–Crippen MR) is 129 cm³/mol. The topological polar surface area (TPSA) is 74.9 Å². The van der Waals surface area contributed by atoms with Crippen LogP contribution in [0.1, 0.15) is 76.8 Å². The van der Waals surface area contributed by atoms with Crippen molar-refractivity contribution in [2.24, 2.45) is 5.10 Å². The summed E-state index contributed by atoms with van der Waals surface area (Å²) in [5.41, 5.74) is 5.82. The maximum atomic E-state index is 13.3. The van der Waals surface area contributed by atoms with Crippen molar-refractivity contribution in [3.63, 3.8) is 0 Å². The van der Waals surface area contributed by atoms with E-state index in [0.717, 1.165) is 78.4 Å². The Kier molecular flexibility index (Phi) is 5.75. The Morgan fingerprint density at radius 3 is 2.73 bits per heavy atom. The van der Waals surface area contributed by atoms with Gasteiger partial charge in [0.05, 0.1) is 5.71 Å². The van der Waals surface area contributed by atoms with E-state index in [1.54, 1.807) is 0 Å². The molecule has 1 N–H and O–H groups in total. The van der Waals surface area contributed by atoms with Gasteiger partial charge in [-0.3, -0.25) is 9.59 Å². The molecule has 0 spiro atoms. The quantitative estimate of drug-likeness (QED) is 0.564. The van der Waals surface area contributed by atoms with Gasteiger partial charge in [-0.2, -0.15) is 5.10 Å². The van der Waals surface area contributed by atoms with Crippen LogP contribution < -0.4 is 5.43 Å². The largest absolute Gasteiger partial charge is 0.455 e. The van der Waals surface area contributed by atoms with Crippen LogP contribution >= 0.6 is 0 Å². The second-order valence-corrected chi connectivity index (χ2v) is 9.08. The molecule has 5 rings (SSSR count). The number of piperidine rings is 1. The summed E-state index contributed by atoms with van der Waals surface area (Å²) in [6.45, 7) is 4.80. The van der Waals surface area contributed by atoms with Gasteiger partial charge in [0.15, 0.2) is 5.76 Å². The number of carbonyl (C=O) groups excluding carboxylic acids is 2. The third kappa shape index (κ3) is 3.94. The minimum absolute atomic E-state index is 0.0340. The lowest BCUT2D eigenvalue weighted by atomic mass is 9.93. The van der Waals surface area contributed by atoms with E-state index >= 15 is 0 Å². The lowest BCUT2D eigenvalue weighted by molar-refractivity contribution is 0.0600. The number of aryl methyl sites for hydroxylation is 1. The number of amides is 2. The Bertz CT molecular complexity index is 1250. The first-order chi connectivity index (χ1) is 16.0. The van der Waals surface area contributed by atoms with E-state index in [0.29, 0.717) is 11.3 Å². The summed E-state index contributed by atoms with van der Waals surface area (Å²) in [5, 5.41) is 6.41. The maximum Gasteiger partial charge on any atom is 0.290 e. The molecule has 1 aliphatic heterocycles. The highest BCUT2D eigenvalue weighted by Gasteiger charge is 2.32. The standard InChI is InChI=1S/C27H29N3O3/c1-17-9-5-6-16-30(17)27(32)25-18(2)24-22(14-8-15-23(24)33-25)28-29-26(31)21-13-7-11-19-10-3-4-12-20(19)21/h3-4,7,10-13,17H,5-6,8-9,14-16H2,1-2H3,(H,29,31)/b28-22+. The summed E-state index contributed by atoms with van der Waals surface area (Å²) < 4.78 is 6.09. The number of hydrogen-bond acceptors (Lipinski definition) is 4. The van der Waals surface area contributed by atoms with Crippen LogP contribution in [0, 0.1) is 6.92 Å². The molecule has 3 aromatic rings. The number of hydrazone groups is 1. The highest BCUT2D eigenvalue weighted by Crippen LogP contribution is 2.32. The van der Waals surface area contributed by atoms with E-state index in [2.05, 4.69) is 17.5 Å². The van der Waals surface area contributed by atoms with Gasteiger partial charge in [-0.1, -0.05) is 36.4 Å². The minimum Gasteiger partial charge on any atom is -0.455 e. The van der Waals surface area contributed by atoms with Crippen LogP contribution in [0.25, 0.3) is 10.8 Å². The van der Waals surface area contributed by atoms with Crippen molar-refractivity contribution >= 4 is 28.3 Å². The smallest absolute Gasteiger partial charge is 0.290 e. The molecular formula is C27H29N3O3. The van der Waals surface area contributed by atoms with Gasteiger partial charge >= 0.3 is 0 Å². The van der Waals surface area contributed by atoms with E-state index in [4.69, 9.17) is 4.42 Å². The second kappa shape index (κ2) is 8.85. The van der Waals surface area contributed by atoms with Crippen LogP contribution in [-0.2, 0) is 6.42 Å². The second-order valence-electron chi connectivity index (χ2n) is 9.08. The van der Waals surface area contributed by atoms with Gasteiger partial charge < -0.3 is 9.32 Å². The SMILES string of the molecule is Cc1c(C(=O)N2CCCCC2C)oc2c1/C(=N/NC(=O)c1cccc3ccccc13)CCC2. The number of furan rings is 1. The molecule has 2 aliphatic rings. The molecule has 2 amide bonds. The predicted octanol–water partition coefficient (Wildman–Crippen LogP) is 5.23. The zero-order chi connectivity index (χ0) is 22.9. The third-order valence-electron chi connectivity index (χ3n) is 6.91. The molecule has 2 aromatic carbocycles. The van der Waals surface area contributed by atoms with Crippen molar-refractivity contribution < 1.29 is 14.0 Å². The average Bonchev–Trinajstić information content (AvgIpc) is 3.19. The number of nitrogens with one attached hydrogen (secondary N) is 1. The van der Waals surface area contributed by atoms with Crippen molar-refractivity contribution in [2.45, 2.75) is 58.4 Å². The molecule has 2 heterocycles. The highest BCUT2D eigenvalue weighted by atomic mass is 16.4. The number of benzene rings is 2. The molecule has 6 nitrogen and oxygen atoms in total. The van der Waals surface area contributed by atoms with Crippen molar-refractivity contribution in [2.75, 3.05) is 6.54 Å². The Hall–Kier alpha value is -3.41. The van der Waals surface area contributed by atoms with E-state index < -0.39 is 0 Å². The fraction of sp³-hybridized carbons (Fsp3) is 0.370. The molecule has 170 valence electrons. The minimum atomic E-state index is -0.244. The molecule has 1 unspecified atom stereocenters. The van der Waals surface area contributed by atoms with E-state index in [1.165, 1.54) is 0 Å². The Balaban J connectivity index is 1.42. The van der Waals surface area contributed by atoms with E-state index in [9.17, 15) is 9.59 Å². The van der Waals surface area contributed by atoms with E-state index in [-0.39, 0.29) is 17.9 Å². The van der Waals surface area contributed by atoms with Gasteiger partial charge in [0.1, 0.15) is 5.76 Å². The first-order valence-corrected chi connectivity index (χ1v) is 11.8. The number of likely N-dealkylation sites (tertiary alicyclic amines) is 1. The number of fused-ring (bicyclic) bond motifs is 2. The molecule has 6 heteroatoms. The van der Waals surface area contributed by atoms with Gasteiger partial charge in [0, 0.05) is 35.7 Å². The van der Waals surface area contributed by atoms with Crippen LogP contribution in [0.4, 0.5) is 0 Å². The number of hydrogen-bond donors (Lipinski definition) is 1. The van der Waals surface area contributed by atoms with Crippen LogP contribution in [0.5, 0.6) is 0 Å². The molecule has 1 aliphatic carbocycles. The van der Waals surface area contributed by atoms with Gasteiger partial charge in [0.2, 0.25) is 0 Å². The molecule has 0 saturated carbocycles. The normalized spacial score (nSPS) is 19.5. The summed E-state index contributed by atoms with van der Waals surface area (Å²) >= 11 is 0. The summed E-state index contributed by atoms with van der Waals surface area (Å²) in [6, 6.07) is 13.7. The van der Waals surface area contributed by atoms with Crippen LogP contribution in [0.2, 0.25) is 0 Å². The van der Waals surface area contributed by atoms with E-state index in [1.807, 2.05) is 54.3 Å². The van der Waals surface area contributed by atoms with Crippen molar-refractivity contribution in [3.05, 3.63) is 70.7 Å². The number of nitrogens with zero attached hydrogens (tertiary/aromatic N) is 2. The fourth-order valence-corrected chi connectivity index (χ4v) is 5.12. The molecule has 0 radical (unpaired) electrons. The summed E-state index contributed by atoms with van der Waals surface area (Å²) in [5.74, 6) is 0.938. The van der Waals surface area contributed by atoms with Gasteiger partial charge in [-0.25, -0.2) is 5.43 Å². The summed E-state index contributed by atoms with van der Waals surface area (Å²) in [7, 11) is 0. The molecule has 33 heavy (non-hydrogen) atoms. The molecular weight excluding hydrogens is 414 g/mol. The third-order valence-corrected chi connectivity index (χ3v) is 6.91. The zero-order valence-electron chi connectivity index (χ0n) is 19.2. The van der Waals surface area contributed by atoms with Crippen LogP contribution in [0.3, 0.4) is 0 Å². The summed E-state index contributed by atoms with van der Waals surface area (Å²) in [6.07, 6.45) is 5.59. The molecule has 1 aromatic heterocycles. The average molecular weight is 444 g/mol. The molecule has 1 atom stereocenters. The van der Waals surface area contributed by atoms with Gasteiger partial charge in [-0.05, 0) is 62.8 Å². The Morgan fingerprint density at radius 1 is 1.06 bits per heavy atom. The number of carbonyl (C=O) groups is 2. The van der Waals surface area contributed by atoms with Crippen molar-refractivity contribution in [1.82, 2.24) is 10.3 Å². The van der Waals surface area contributed by atoms with Gasteiger partial charge in [-0.15, -0.1) is 0 Å². The Labute approximate surface area is 193 Å². The number of rotatable bonds is 3. The fourth-order valence-electron chi connectivity index (χ4n) is 5.12. The first-order valence-electron chi connectivity index (χ1n) is 11.8. The first kappa shape index (κ1) is 21.4. The monoisotopic (exact) mass is 443 g/mol. The molecule has 1 fully saturated rings. The van der Waals surface area contributed by atoms with Crippen molar-refractivity contribution in [3.8, 4) is 0 Å². The Morgan fingerprint density at radius 2 is 1.88 bits per heavy atom. The molecule has 1 saturated heterocycles. The molecule has 0 bridgehead atoms. The maximum absolute atomic E-state index is 13.3. The van der Waals surface area contributed by atoms with Crippen LogP contribution in [0.15, 0.2) is 52.0 Å². The van der Waals surface area contributed by atoms with Crippen LogP contribution in [-0.4, -0.2) is 35.0 Å². The van der Waals surface area contributed by atoms with Crippen molar-refractivity contribution in [1.29, 1.82) is 0 Å². The lowest BCUT2D eigenvalue weighted by Crippen LogP contribution is -2.42. The van der Waals surface area contributed by atoms with Gasteiger partial charge in [0.25, 0.3) is 11.8 Å².